The highest BCUT2D eigenvalue weighted by Gasteiger charge is 2.26. The Morgan fingerprint density at radius 2 is 1.81 bits per heavy atom. The smallest absolute Gasteiger partial charge is 0.255 e. The van der Waals surface area contributed by atoms with Crippen molar-refractivity contribution in [2.45, 2.75) is 6.04 Å². The van der Waals surface area contributed by atoms with E-state index in [1.807, 2.05) is 30.3 Å². The van der Waals surface area contributed by atoms with Gasteiger partial charge in [0.2, 0.25) is 0 Å². The quantitative estimate of drug-likeness (QED) is 0.614. The minimum atomic E-state index is -0.664. The number of fused-ring (bicyclic) bond motifs is 2. The van der Waals surface area contributed by atoms with Crippen LogP contribution in [-0.4, -0.2) is 31.4 Å². The largest absolute Gasteiger partial charge is 0.486 e. The van der Waals surface area contributed by atoms with Crippen molar-refractivity contribution in [3.05, 3.63) is 83.7 Å². The van der Waals surface area contributed by atoms with Crippen LogP contribution in [0.15, 0.2) is 66.7 Å². The first-order valence-electron chi connectivity index (χ1n) is 10.2. The molecule has 32 heavy (non-hydrogen) atoms. The van der Waals surface area contributed by atoms with Gasteiger partial charge < -0.3 is 24.5 Å². The van der Waals surface area contributed by atoms with Crippen LogP contribution < -0.4 is 19.7 Å². The molecule has 3 aromatic rings. The van der Waals surface area contributed by atoms with Crippen LogP contribution >= 0.6 is 0 Å². The van der Waals surface area contributed by atoms with Gasteiger partial charge in [-0.05, 0) is 48.0 Å². The van der Waals surface area contributed by atoms with Gasteiger partial charge >= 0.3 is 0 Å². The fraction of sp³-hybridized carbons (Fsp3) is 0.120. The third-order valence-corrected chi connectivity index (χ3v) is 5.37. The molecule has 0 aliphatic carbocycles. The van der Waals surface area contributed by atoms with Gasteiger partial charge in [-0.1, -0.05) is 30.4 Å². The molecule has 1 N–H and O–H groups in total. The van der Waals surface area contributed by atoms with E-state index in [0.29, 0.717) is 41.7 Å². The fourth-order valence-electron chi connectivity index (χ4n) is 3.86. The normalized spacial score (nSPS) is 16.3. The van der Waals surface area contributed by atoms with Gasteiger partial charge in [-0.25, -0.2) is 4.39 Å². The van der Waals surface area contributed by atoms with E-state index in [2.05, 4.69) is 5.32 Å². The summed E-state index contributed by atoms with van der Waals surface area (Å²) < 4.78 is 25.9. The number of halogens is 1. The van der Waals surface area contributed by atoms with Crippen LogP contribution in [0, 0.1) is 5.82 Å². The zero-order valence-corrected chi connectivity index (χ0v) is 17.0. The summed E-state index contributed by atoms with van der Waals surface area (Å²) in [5.74, 6) is 0.229. The third kappa shape index (κ3) is 3.58. The summed E-state index contributed by atoms with van der Waals surface area (Å²) in [5.41, 5.74) is 2.56. The predicted molar refractivity (Wildman–Crippen MR) is 119 cm³/mol. The molecule has 3 aromatic carbocycles. The number of anilines is 3. The van der Waals surface area contributed by atoms with Gasteiger partial charge in [0.15, 0.2) is 11.5 Å². The number of carbonyl (C=O) groups is 2. The summed E-state index contributed by atoms with van der Waals surface area (Å²) in [6.45, 7) is 0.885. The highest BCUT2D eigenvalue weighted by molar-refractivity contribution is 6.05. The molecule has 0 saturated carbocycles. The first kappa shape index (κ1) is 19.8. The summed E-state index contributed by atoms with van der Waals surface area (Å²) in [6.07, 6.45) is 4.32. The number of benzene rings is 3. The average Bonchev–Trinajstić information content (AvgIpc) is 2.84. The number of aldehydes is 1. The lowest BCUT2D eigenvalue weighted by molar-refractivity contribution is -0.108. The number of ether oxygens (including phenoxy) is 2. The van der Waals surface area contributed by atoms with E-state index in [0.717, 1.165) is 11.8 Å². The minimum absolute atomic E-state index is 0.193. The van der Waals surface area contributed by atoms with Crippen molar-refractivity contribution in [2.24, 2.45) is 0 Å². The molecule has 0 radical (unpaired) electrons. The Hall–Kier alpha value is -4.13. The van der Waals surface area contributed by atoms with E-state index in [4.69, 9.17) is 9.47 Å². The first-order valence-corrected chi connectivity index (χ1v) is 10.2. The summed E-state index contributed by atoms with van der Waals surface area (Å²) in [5, 5.41) is 2.79. The van der Waals surface area contributed by atoms with Crippen LogP contribution in [0.4, 0.5) is 21.5 Å². The second-order valence-electron chi connectivity index (χ2n) is 7.39. The number of amides is 1. The Labute approximate surface area is 183 Å². The number of hydrogen-bond acceptors (Lipinski definition) is 5. The summed E-state index contributed by atoms with van der Waals surface area (Å²) in [6, 6.07) is 16.0. The lowest BCUT2D eigenvalue weighted by atomic mass is 10.0. The Kier molecular flexibility index (Phi) is 5.07. The van der Waals surface area contributed by atoms with E-state index >= 15 is 0 Å². The van der Waals surface area contributed by atoms with Gasteiger partial charge in [0.1, 0.15) is 31.4 Å². The van der Waals surface area contributed by atoms with Gasteiger partial charge in [0, 0.05) is 16.9 Å². The fourth-order valence-corrected chi connectivity index (χ4v) is 3.86. The van der Waals surface area contributed by atoms with Crippen LogP contribution in [-0.2, 0) is 4.79 Å². The summed E-state index contributed by atoms with van der Waals surface area (Å²) >= 11 is 0. The Bertz CT molecular complexity index is 1240. The number of rotatable bonds is 4. The summed E-state index contributed by atoms with van der Waals surface area (Å²) in [7, 11) is 0. The second-order valence-corrected chi connectivity index (χ2v) is 7.39. The van der Waals surface area contributed by atoms with Crippen LogP contribution in [0.1, 0.15) is 15.9 Å². The highest BCUT2D eigenvalue weighted by atomic mass is 19.1. The van der Waals surface area contributed by atoms with Gasteiger partial charge in [-0.15, -0.1) is 0 Å². The van der Waals surface area contributed by atoms with Crippen molar-refractivity contribution in [1.29, 1.82) is 0 Å². The topological polar surface area (TPSA) is 67.9 Å². The predicted octanol–water partition coefficient (Wildman–Crippen LogP) is 4.58. The maximum Gasteiger partial charge on any atom is 0.255 e. The Morgan fingerprint density at radius 3 is 2.66 bits per heavy atom. The molecule has 0 fully saturated rings. The summed E-state index contributed by atoms with van der Waals surface area (Å²) in [4.78, 5) is 26.2. The zero-order chi connectivity index (χ0) is 22.1. The minimum Gasteiger partial charge on any atom is -0.486 e. The molecule has 1 unspecified atom stereocenters. The zero-order valence-electron chi connectivity index (χ0n) is 17.0. The maximum atomic E-state index is 14.9. The van der Waals surface area contributed by atoms with E-state index in [1.165, 1.54) is 18.2 Å². The maximum absolute atomic E-state index is 14.9. The SMILES string of the molecule is O=CC1C=Cc2ccccc2N1c1cc(NC(=O)c2ccc3c(c2)OCCO3)ccc1F. The van der Waals surface area contributed by atoms with Gasteiger partial charge in [0.25, 0.3) is 5.91 Å². The van der Waals surface area contributed by atoms with Crippen molar-refractivity contribution in [3.8, 4) is 11.5 Å². The lowest BCUT2D eigenvalue weighted by Crippen LogP contribution is -2.33. The standard InChI is InChI=1S/C25H19FN2O4/c26-20-9-7-18(27-25(30)17-6-10-23-24(13-17)32-12-11-31-23)14-22(20)28-19(15-29)8-5-16-3-1-2-4-21(16)28/h1-10,13-15,19H,11-12H2,(H,27,30). The van der Waals surface area contributed by atoms with E-state index < -0.39 is 11.9 Å². The highest BCUT2D eigenvalue weighted by Crippen LogP contribution is 2.37. The van der Waals surface area contributed by atoms with Crippen molar-refractivity contribution in [3.63, 3.8) is 0 Å². The average molecular weight is 430 g/mol. The number of nitrogens with zero attached hydrogens (tertiary/aromatic N) is 1. The van der Waals surface area contributed by atoms with Crippen LogP contribution in [0.2, 0.25) is 0 Å². The van der Waals surface area contributed by atoms with Crippen LogP contribution in [0.25, 0.3) is 6.08 Å². The Balaban J connectivity index is 1.46. The first-order chi connectivity index (χ1) is 15.6. The van der Waals surface area contributed by atoms with E-state index in [-0.39, 0.29) is 11.6 Å². The number of hydrogen-bond donors (Lipinski definition) is 1. The van der Waals surface area contributed by atoms with E-state index in [9.17, 15) is 14.0 Å². The van der Waals surface area contributed by atoms with Crippen molar-refractivity contribution in [2.75, 3.05) is 23.4 Å². The van der Waals surface area contributed by atoms with Crippen molar-refractivity contribution in [1.82, 2.24) is 0 Å². The molecule has 7 heteroatoms. The molecule has 0 saturated heterocycles. The molecule has 2 heterocycles. The molecular formula is C25H19FN2O4. The van der Waals surface area contributed by atoms with Crippen molar-refractivity contribution < 1.29 is 23.5 Å². The molecule has 2 aliphatic rings. The number of para-hydroxylation sites is 1. The molecule has 0 spiro atoms. The van der Waals surface area contributed by atoms with Gasteiger partial charge in [0.05, 0.1) is 5.69 Å². The Morgan fingerprint density at radius 1 is 1.00 bits per heavy atom. The molecule has 5 rings (SSSR count). The molecule has 160 valence electrons. The van der Waals surface area contributed by atoms with E-state index in [1.54, 1.807) is 29.2 Å². The van der Waals surface area contributed by atoms with Crippen LogP contribution in [0.5, 0.6) is 11.5 Å². The third-order valence-electron chi connectivity index (χ3n) is 5.37. The molecule has 2 aliphatic heterocycles. The lowest BCUT2D eigenvalue weighted by Gasteiger charge is -2.33. The molecule has 1 amide bonds. The number of nitrogens with one attached hydrogen (secondary N) is 1. The molecular weight excluding hydrogens is 411 g/mol. The number of carbonyl (C=O) groups excluding carboxylic acids is 2. The second kappa shape index (κ2) is 8.19. The molecule has 1 atom stereocenters. The van der Waals surface area contributed by atoms with Gasteiger partial charge in [-0.2, -0.15) is 0 Å². The molecule has 6 nitrogen and oxygen atoms in total. The molecule has 0 bridgehead atoms. The van der Waals surface area contributed by atoms with Crippen LogP contribution in [0.3, 0.4) is 0 Å². The van der Waals surface area contributed by atoms with Gasteiger partial charge in [-0.3, -0.25) is 4.79 Å². The molecule has 0 aromatic heterocycles. The van der Waals surface area contributed by atoms with Crippen molar-refractivity contribution >= 4 is 35.3 Å². The monoisotopic (exact) mass is 430 g/mol.